The highest BCUT2D eigenvalue weighted by molar-refractivity contribution is 7.79. The second-order valence-electron chi connectivity index (χ2n) is 8.18. The van der Waals surface area contributed by atoms with Crippen LogP contribution in [0.2, 0.25) is 0 Å². The van der Waals surface area contributed by atoms with Gasteiger partial charge >= 0.3 is 16.4 Å². The molecule has 204 valence electrons. The second-order valence-corrected chi connectivity index (χ2v) is 9.08. The van der Waals surface area contributed by atoms with E-state index < -0.39 is 10.4 Å². The molecule has 0 saturated carbocycles. The molecule has 1 aromatic rings. The quantitative estimate of drug-likeness (QED) is 0.0522. The maximum Gasteiger partial charge on any atom is 0.394 e. The lowest BCUT2D eigenvalue weighted by atomic mass is 10.1. The van der Waals surface area contributed by atoms with Crippen LogP contribution >= 0.6 is 0 Å². The van der Waals surface area contributed by atoms with Gasteiger partial charge in [0, 0.05) is 6.42 Å². The van der Waals surface area contributed by atoms with E-state index in [1.807, 2.05) is 30.3 Å². The number of benzene rings is 1. The van der Waals surface area contributed by atoms with Crippen molar-refractivity contribution >= 4 is 16.4 Å². The molecule has 1 aliphatic rings. The van der Waals surface area contributed by atoms with Crippen LogP contribution in [0, 0.1) is 0 Å². The number of hydrogen-bond acceptors (Lipinski definition) is 6. The molecule has 0 atom stereocenters. The number of rotatable bonds is 16. The Morgan fingerprint density at radius 2 is 1.29 bits per heavy atom. The van der Waals surface area contributed by atoms with Crippen molar-refractivity contribution in [1.82, 2.24) is 6.15 Å². The van der Waals surface area contributed by atoms with Crippen molar-refractivity contribution < 1.29 is 31.8 Å². The predicted molar refractivity (Wildman–Crippen MR) is 142 cm³/mol. The van der Waals surface area contributed by atoms with Crippen molar-refractivity contribution in [2.24, 2.45) is 0 Å². The Labute approximate surface area is 212 Å². The average molecular weight is 518 g/mol. The highest BCUT2D eigenvalue weighted by Gasteiger charge is 2.03. The number of unbranched alkanes of at least 4 members (excludes halogenated alkanes) is 11. The number of carbonyl (C=O) groups is 1. The first kappa shape index (κ1) is 35.4. The second kappa shape index (κ2) is 25.3. The molecule has 1 saturated heterocycles. The topological polar surface area (TPSA) is 148 Å². The molecule has 1 aliphatic heterocycles. The standard InChI is InChI=1S/C24H38O2.C2H4O.H3N.H2O4S/c1-2-3-4-5-6-7-8-9-10-11-12-13-14-15-19-22-24(25)26-23-20-17-16-18-21-23;1-2-3-1;;1-5(2,3)4/h9-10,16-18,20-21H,2-8,11-15,19,22H2,1H3;1-2H2;1H3;(H2,1,2,3,4)/b10-9-;;;. The molecule has 1 fully saturated rings. The van der Waals surface area contributed by atoms with E-state index in [-0.39, 0.29) is 12.1 Å². The zero-order chi connectivity index (χ0) is 25.3. The van der Waals surface area contributed by atoms with Crippen molar-refractivity contribution in [3.8, 4) is 5.75 Å². The summed E-state index contributed by atoms with van der Waals surface area (Å²) in [6.45, 7) is 4.27. The Balaban J connectivity index is 0. The number of carbonyl (C=O) groups excluding carboxylic acids is 1. The third-order valence-corrected chi connectivity index (χ3v) is 4.82. The molecule has 0 bridgehead atoms. The molecule has 5 N–H and O–H groups in total. The summed E-state index contributed by atoms with van der Waals surface area (Å²) >= 11 is 0. The fourth-order valence-corrected chi connectivity index (χ4v) is 3.01. The van der Waals surface area contributed by atoms with Crippen LogP contribution in [0.5, 0.6) is 5.75 Å². The van der Waals surface area contributed by atoms with Crippen molar-refractivity contribution in [3.63, 3.8) is 0 Å². The van der Waals surface area contributed by atoms with Crippen LogP contribution in [0.25, 0.3) is 0 Å². The summed E-state index contributed by atoms with van der Waals surface area (Å²) in [5, 5.41) is 0. The fraction of sp³-hybridized carbons (Fsp3) is 0.654. The number of para-hydroxylation sites is 1. The molecule has 0 aromatic heterocycles. The molecule has 2 rings (SSSR count). The molecule has 0 aliphatic carbocycles. The van der Waals surface area contributed by atoms with Crippen LogP contribution in [0.1, 0.15) is 96.8 Å². The normalized spacial score (nSPS) is 12.0. The Morgan fingerprint density at radius 1 is 0.857 bits per heavy atom. The Morgan fingerprint density at radius 3 is 1.74 bits per heavy atom. The van der Waals surface area contributed by atoms with Gasteiger partial charge in [-0.25, -0.2) is 0 Å². The van der Waals surface area contributed by atoms with Gasteiger partial charge in [0.05, 0.1) is 13.2 Å². The van der Waals surface area contributed by atoms with E-state index in [4.69, 9.17) is 22.3 Å². The van der Waals surface area contributed by atoms with Crippen molar-refractivity contribution in [1.29, 1.82) is 0 Å². The lowest BCUT2D eigenvalue weighted by molar-refractivity contribution is -0.134. The zero-order valence-corrected chi connectivity index (χ0v) is 22.2. The van der Waals surface area contributed by atoms with E-state index in [1.165, 1.54) is 70.6 Å². The molecule has 0 radical (unpaired) electrons. The van der Waals surface area contributed by atoms with E-state index >= 15 is 0 Å². The van der Waals surface area contributed by atoms with E-state index in [1.54, 1.807) is 0 Å². The average Bonchev–Trinajstić information content (AvgIpc) is 3.66. The van der Waals surface area contributed by atoms with Gasteiger partial charge in [0.25, 0.3) is 0 Å². The summed E-state index contributed by atoms with van der Waals surface area (Å²) in [5.74, 6) is 0.527. The fourth-order valence-electron chi connectivity index (χ4n) is 3.01. The van der Waals surface area contributed by atoms with Gasteiger partial charge in [0.15, 0.2) is 0 Å². The summed E-state index contributed by atoms with van der Waals surface area (Å²) in [7, 11) is -4.67. The van der Waals surface area contributed by atoms with Gasteiger partial charge in [-0.2, -0.15) is 8.42 Å². The van der Waals surface area contributed by atoms with Crippen molar-refractivity contribution in [2.75, 3.05) is 13.2 Å². The van der Waals surface area contributed by atoms with Crippen molar-refractivity contribution in [2.45, 2.75) is 96.8 Å². The summed E-state index contributed by atoms with van der Waals surface area (Å²) in [5.41, 5.74) is 0. The SMILES string of the molecule is C1CO1.CCCCCCCC/C=C\CCCCCCCC(=O)Oc1ccccc1.N.O=S(=O)(O)O. The minimum atomic E-state index is -4.67. The third kappa shape index (κ3) is 36.9. The van der Waals surface area contributed by atoms with E-state index in [0.29, 0.717) is 12.2 Å². The summed E-state index contributed by atoms with van der Waals surface area (Å²) in [6.07, 6.45) is 21.7. The minimum absolute atomic E-state index is 0. The van der Waals surface area contributed by atoms with E-state index in [9.17, 15) is 4.79 Å². The van der Waals surface area contributed by atoms with Gasteiger partial charge in [-0.3, -0.25) is 13.9 Å². The molecule has 0 unspecified atom stereocenters. The molecular formula is C26H47NO7S. The Hall–Kier alpha value is -1.78. The largest absolute Gasteiger partial charge is 0.427 e. The van der Waals surface area contributed by atoms with Crippen LogP contribution < -0.4 is 10.9 Å². The van der Waals surface area contributed by atoms with Gasteiger partial charge in [-0.1, -0.05) is 88.6 Å². The number of hydrogen-bond donors (Lipinski definition) is 3. The molecule has 1 heterocycles. The van der Waals surface area contributed by atoms with Crippen LogP contribution in [0.15, 0.2) is 42.5 Å². The minimum Gasteiger partial charge on any atom is -0.427 e. The highest BCUT2D eigenvalue weighted by atomic mass is 32.3. The summed E-state index contributed by atoms with van der Waals surface area (Å²) in [6, 6.07) is 9.31. The van der Waals surface area contributed by atoms with Gasteiger partial charge in [-0.05, 0) is 44.2 Å². The Kier molecular flexibility index (Phi) is 25.6. The van der Waals surface area contributed by atoms with Crippen molar-refractivity contribution in [3.05, 3.63) is 42.5 Å². The highest BCUT2D eigenvalue weighted by Crippen LogP contribution is 2.12. The molecule has 1 aromatic carbocycles. The summed E-state index contributed by atoms with van der Waals surface area (Å²) < 4.78 is 41.4. The maximum absolute atomic E-state index is 11.7. The van der Waals surface area contributed by atoms with Crippen LogP contribution in [0.3, 0.4) is 0 Å². The molecule has 0 amide bonds. The first-order chi connectivity index (χ1) is 16.3. The molecular weight excluding hydrogens is 470 g/mol. The monoisotopic (exact) mass is 517 g/mol. The number of esters is 1. The molecule has 0 spiro atoms. The van der Waals surface area contributed by atoms with Gasteiger partial charge in [0.1, 0.15) is 5.75 Å². The molecule has 35 heavy (non-hydrogen) atoms. The van der Waals surface area contributed by atoms with E-state index in [2.05, 4.69) is 23.8 Å². The zero-order valence-electron chi connectivity index (χ0n) is 21.4. The third-order valence-electron chi connectivity index (χ3n) is 4.82. The first-order valence-corrected chi connectivity index (χ1v) is 13.9. The van der Waals surface area contributed by atoms with Crippen LogP contribution in [-0.4, -0.2) is 36.7 Å². The molecule has 9 heteroatoms. The first-order valence-electron chi connectivity index (χ1n) is 12.5. The maximum atomic E-state index is 11.7. The lowest BCUT2D eigenvalue weighted by Crippen LogP contribution is -2.07. The van der Waals surface area contributed by atoms with Gasteiger partial charge in [-0.15, -0.1) is 0 Å². The summed E-state index contributed by atoms with van der Waals surface area (Å²) in [4.78, 5) is 11.7. The van der Waals surface area contributed by atoms with Crippen LogP contribution in [-0.2, 0) is 19.9 Å². The number of allylic oxidation sites excluding steroid dienone is 2. The number of ether oxygens (including phenoxy) is 2. The molecule has 8 nitrogen and oxygen atoms in total. The smallest absolute Gasteiger partial charge is 0.394 e. The van der Waals surface area contributed by atoms with Gasteiger partial charge < -0.3 is 15.6 Å². The van der Waals surface area contributed by atoms with Crippen LogP contribution in [0.4, 0.5) is 0 Å². The Bertz CT molecular complexity index is 712. The predicted octanol–water partition coefficient (Wildman–Crippen LogP) is 7.16. The van der Waals surface area contributed by atoms with Gasteiger partial charge in [0.2, 0.25) is 0 Å². The van der Waals surface area contributed by atoms with E-state index in [0.717, 1.165) is 26.1 Å². The lowest BCUT2D eigenvalue weighted by Gasteiger charge is -2.04. The number of epoxide rings is 1.